The van der Waals surface area contributed by atoms with Gasteiger partial charge in [0, 0.05) is 24.5 Å². The Hall–Kier alpha value is -3.10. The minimum Gasteiger partial charge on any atom is -0.338 e. The number of unbranched alkanes of at least 4 members (excludes halogenated alkanes) is 22. The number of hydrogen-bond acceptors (Lipinski definition) is 4. The molecule has 0 atom stereocenters. The molecule has 0 aliphatic carbocycles. The fourth-order valence-corrected chi connectivity index (χ4v) is 8.46. The molecule has 0 radical (unpaired) electrons. The highest BCUT2D eigenvalue weighted by Crippen LogP contribution is 2.17. The van der Waals surface area contributed by atoms with Gasteiger partial charge in [-0.25, -0.2) is 9.59 Å². The third-order valence-electron chi connectivity index (χ3n) is 12.5. The van der Waals surface area contributed by atoms with Crippen LogP contribution in [-0.4, -0.2) is 74.2 Å². The third kappa shape index (κ3) is 32.2. The van der Waals surface area contributed by atoms with Gasteiger partial charge >= 0.3 is 12.1 Å². The Morgan fingerprint density at radius 2 is 0.603 bits per heavy atom. The highest BCUT2D eigenvalue weighted by Gasteiger charge is 2.09. The Morgan fingerprint density at radius 3 is 0.889 bits per heavy atom. The van der Waals surface area contributed by atoms with E-state index in [2.05, 4.69) is 83.0 Å². The lowest BCUT2D eigenvalue weighted by molar-refractivity contribution is 0.247. The Morgan fingerprint density at radius 1 is 0.349 bits per heavy atom. The van der Waals surface area contributed by atoms with E-state index in [1.807, 2.05) is 24.3 Å². The molecule has 8 nitrogen and oxygen atoms in total. The second-order valence-corrected chi connectivity index (χ2v) is 18.5. The lowest BCUT2D eigenvalue weighted by Gasteiger charge is -2.22. The molecule has 2 rings (SSSR count). The standard InChI is InChI=1S/C55H98N6O2/c1-5-9-13-17-21-27-43-60(44-28-22-18-14-10-6-2)47-31-25-41-56-54(62)58-52-37-33-50(34-38-52)49-51-35-39-53(40-36-51)59-55(63)57-42-26-32-48-61(45-29-23-19-15-11-7-3)46-30-24-20-16-12-8-4/h33-40H,5-32,41-49H2,1-4H3,(H2,56,58,62)(H2,57,59,63). The fourth-order valence-electron chi connectivity index (χ4n) is 8.46. The van der Waals surface area contributed by atoms with Crippen molar-refractivity contribution in [2.24, 2.45) is 0 Å². The molecule has 0 heterocycles. The number of rotatable bonds is 42. The van der Waals surface area contributed by atoms with E-state index in [1.165, 1.54) is 191 Å². The van der Waals surface area contributed by atoms with Crippen LogP contribution in [0.25, 0.3) is 0 Å². The molecule has 2 aromatic rings. The van der Waals surface area contributed by atoms with Crippen LogP contribution in [0.3, 0.4) is 0 Å². The minimum absolute atomic E-state index is 0.143. The van der Waals surface area contributed by atoms with Crippen molar-refractivity contribution in [2.75, 3.05) is 63.0 Å². The number of urea groups is 2. The van der Waals surface area contributed by atoms with Crippen molar-refractivity contribution in [1.29, 1.82) is 0 Å². The van der Waals surface area contributed by atoms with Crippen LogP contribution < -0.4 is 21.3 Å². The molecule has 4 N–H and O–H groups in total. The molecule has 0 aromatic heterocycles. The van der Waals surface area contributed by atoms with Crippen LogP contribution in [0, 0.1) is 0 Å². The van der Waals surface area contributed by atoms with Gasteiger partial charge in [0.25, 0.3) is 0 Å². The quantitative estimate of drug-likeness (QED) is 0.0500. The highest BCUT2D eigenvalue weighted by molar-refractivity contribution is 5.89. The maximum absolute atomic E-state index is 12.7. The molecular formula is C55H98N6O2. The summed E-state index contributed by atoms with van der Waals surface area (Å²) in [5.41, 5.74) is 3.93. The van der Waals surface area contributed by atoms with Gasteiger partial charge in [0.1, 0.15) is 0 Å². The molecule has 4 amide bonds. The molecule has 0 aliphatic rings. The van der Waals surface area contributed by atoms with Crippen LogP contribution in [0.2, 0.25) is 0 Å². The van der Waals surface area contributed by atoms with Gasteiger partial charge in [0.15, 0.2) is 0 Å². The molecule has 0 saturated carbocycles. The number of carbonyl (C=O) groups is 2. The first kappa shape index (κ1) is 56.0. The molecule has 0 fully saturated rings. The van der Waals surface area contributed by atoms with Crippen molar-refractivity contribution in [3.05, 3.63) is 59.7 Å². The number of amides is 4. The van der Waals surface area contributed by atoms with Crippen molar-refractivity contribution in [3.63, 3.8) is 0 Å². The minimum atomic E-state index is -0.143. The summed E-state index contributed by atoms with van der Waals surface area (Å²) in [5.74, 6) is 0. The van der Waals surface area contributed by atoms with Gasteiger partial charge in [0.05, 0.1) is 0 Å². The summed E-state index contributed by atoms with van der Waals surface area (Å²) in [5, 5.41) is 12.1. The Labute approximate surface area is 388 Å². The van der Waals surface area contributed by atoms with Gasteiger partial charge in [-0.2, -0.15) is 0 Å². The summed E-state index contributed by atoms with van der Waals surface area (Å²) in [6.07, 6.45) is 37.3. The SMILES string of the molecule is CCCCCCCCN(CCCCCCCC)CCCCNC(=O)Nc1ccc(Cc2ccc(NC(=O)NCCCCN(CCCCCCCC)CCCCCCCC)cc2)cc1. The van der Waals surface area contributed by atoms with Crippen molar-refractivity contribution < 1.29 is 9.59 Å². The van der Waals surface area contributed by atoms with Crippen LogP contribution in [-0.2, 0) is 6.42 Å². The fraction of sp³-hybridized carbons (Fsp3) is 0.745. The smallest absolute Gasteiger partial charge is 0.319 e. The van der Waals surface area contributed by atoms with Gasteiger partial charge in [-0.1, -0.05) is 180 Å². The summed E-state index contributed by atoms with van der Waals surface area (Å²) in [6, 6.07) is 15.9. The van der Waals surface area contributed by atoms with Crippen LogP contribution in [0.15, 0.2) is 48.5 Å². The zero-order valence-electron chi connectivity index (χ0n) is 41.5. The average molecular weight is 875 g/mol. The molecule has 2 aromatic carbocycles. The molecule has 0 aliphatic heterocycles. The zero-order valence-corrected chi connectivity index (χ0v) is 41.5. The number of anilines is 2. The first-order valence-corrected chi connectivity index (χ1v) is 26.7. The molecule has 360 valence electrons. The molecule has 0 spiro atoms. The zero-order chi connectivity index (χ0) is 45.3. The van der Waals surface area contributed by atoms with Gasteiger partial charge in [-0.3, -0.25) is 0 Å². The second kappa shape index (κ2) is 40.4. The number of hydrogen-bond donors (Lipinski definition) is 4. The van der Waals surface area contributed by atoms with Crippen molar-refractivity contribution in [2.45, 2.75) is 214 Å². The summed E-state index contributed by atoms with van der Waals surface area (Å²) >= 11 is 0. The molecule has 0 bridgehead atoms. The van der Waals surface area contributed by atoms with Crippen molar-refractivity contribution in [3.8, 4) is 0 Å². The normalized spacial score (nSPS) is 11.4. The molecule has 8 heteroatoms. The summed E-state index contributed by atoms with van der Waals surface area (Å²) < 4.78 is 0. The summed E-state index contributed by atoms with van der Waals surface area (Å²) in [4.78, 5) is 30.7. The van der Waals surface area contributed by atoms with E-state index in [-0.39, 0.29) is 12.1 Å². The lowest BCUT2D eigenvalue weighted by Crippen LogP contribution is -2.31. The number of nitrogens with zero attached hydrogens (tertiary/aromatic N) is 2. The Kier molecular flexibility index (Phi) is 35.9. The van der Waals surface area contributed by atoms with E-state index in [0.717, 1.165) is 56.6 Å². The van der Waals surface area contributed by atoms with Crippen molar-refractivity contribution in [1.82, 2.24) is 20.4 Å². The second-order valence-electron chi connectivity index (χ2n) is 18.5. The van der Waals surface area contributed by atoms with E-state index in [9.17, 15) is 9.59 Å². The summed E-state index contributed by atoms with van der Waals surface area (Å²) in [6.45, 7) is 17.6. The van der Waals surface area contributed by atoms with Crippen LogP contribution >= 0.6 is 0 Å². The largest absolute Gasteiger partial charge is 0.338 e. The third-order valence-corrected chi connectivity index (χ3v) is 12.5. The predicted octanol–water partition coefficient (Wildman–Crippen LogP) is 15.1. The Balaban J connectivity index is 1.64. The van der Waals surface area contributed by atoms with Crippen molar-refractivity contribution >= 4 is 23.4 Å². The topological polar surface area (TPSA) is 88.7 Å². The van der Waals surface area contributed by atoms with E-state index in [0.29, 0.717) is 13.1 Å². The summed E-state index contributed by atoms with van der Waals surface area (Å²) in [7, 11) is 0. The van der Waals surface area contributed by atoms with E-state index in [1.54, 1.807) is 0 Å². The van der Waals surface area contributed by atoms with Gasteiger partial charge in [-0.15, -0.1) is 0 Å². The Bertz CT molecular complexity index is 1200. The molecule has 0 saturated heterocycles. The number of nitrogens with one attached hydrogen (secondary N) is 4. The molecular weight excluding hydrogens is 777 g/mol. The van der Waals surface area contributed by atoms with Gasteiger partial charge in [-0.05, 0) is 132 Å². The maximum Gasteiger partial charge on any atom is 0.319 e. The maximum atomic E-state index is 12.7. The number of carbonyl (C=O) groups excluding carboxylic acids is 2. The monoisotopic (exact) mass is 875 g/mol. The lowest BCUT2D eigenvalue weighted by atomic mass is 10.0. The van der Waals surface area contributed by atoms with Crippen LogP contribution in [0.1, 0.15) is 219 Å². The van der Waals surface area contributed by atoms with Crippen LogP contribution in [0.5, 0.6) is 0 Å². The van der Waals surface area contributed by atoms with E-state index in [4.69, 9.17) is 0 Å². The number of benzene rings is 2. The van der Waals surface area contributed by atoms with Crippen LogP contribution in [0.4, 0.5) is 21.0 Å². The van der Waals surface area contributed by atoms with Gasteiger partial charge in [0.2, 0.25) is 0 Å². The average Bonchev–Trinajstić information content (AvgIpc) is 3.28. The predicted molar refractivity (Wildman–Crippen MR) is 275 cm³/mol. The first-order valence-electron chi connectivity index (χ1n) is 26.7. The van der Waals surface area contributed by atoms with E-state index >= 15 is 0 Å². The highest BCUT2D eigenvalue weighted by atomic mass is 16.2. The molecule has 0 unspecified atom stereocenters. The van der Waals surface area contributed by atoms with E-state index < -0.39 is 0 Å². The first-order chi connectivity index (χ1) is 31.0. The van der Waals surface area contributed by atoms with Gasteiger partial charge < -0.3 is 31.1 Å². The molecule has 63 heavy (non-hydrogen) atoms.